The van der Waals surface area contributed by atoms with Crippen molar-refractivity contribution in [1.82, 2.24) is 16.0 Å². The number of nitrogens with one attached hydrogen (secondary N) is 3. The minimum absolute atomic E-state index is 0. The van der Waals surface area contributed by atoms with Crippen LogP contribution in [0.3, 0.4) is 0 Å². The van der Waals surface area contributed by atoms with Gasteiger partial charge in [-0.2, -0.15) is 0 Å². The number of benzene rings is 1. The number of hydrogen-bond donors (Lipinski definition) is 4. The zero-order chi connectivity index (χ0) is 15.9. The summed E-state index contributed by atoms with van der Waals surface area (Å²) in [5.41, 5.74) is 0.554. The zero-order valence-corrected chi connectivity index (χ0v) is 13.4. The van der Waals surface area contributed by atoms with Gasteiger partial charge < -0.3 is 21.1 Å². The minimum Gasteiger partial charge on any atom is -0.391 e. The molecule has 1 aliphatic rings. The number of halogens is 2. The van der Waals surface area contributed by atoms with Crippen molar-refractivity contribution >= 4 is 24.2 Å². The van der Waals surface area contributed by atoms with E-state index < -0.39 is 11.9 Å². The molecule has 1 aromatic carbocycles. The maximum Gasteiger partial charge on any atom is 0.239 e. The van der Waals surface area contributed by atoms with Gasteiger partial charge in [0.2, 0.25) is 11.8 Å². The second-order valence-corrected chi connectivity index (χ2v) is 5.37. The van der Waals surface area contributed by atoms with Crippen molar-refractivity contribution in [2.45, 2.75) is 12.5 Å². The highest BCUT2D eigenvalue weighted by molar-refractivity contribution is 5.86. The standard InChI is InChI=1S/C15H20FN3O3.ClH/c16-12-3-1-2-10(4-12)5-14(21)19-9-15(22)18-7-11-6-17-8-13(11)20;/h1-4,11,13,17,20H,5-9H2,(H,18,22)(H,19,21);1H. The van der Waals surface area contributed by atoms with Crippen LogP contribution in [0.2, 0.25) is 0 Å². The molecule has 6 nitrogen and oxygen atoms in total. The predicted molar refractivity (Wildman–Crippen MR) is 85.7 cm³/mol. The highest BCUT2D eigenvalue weighted by Crippen LogP contribution is 2.06. The maximum atomic E-state index is 13.0. The Labute approximate surface area is 140 Å². The molecule has 2 amide bonds. The van der Waals surface area contributed by atoms with Gasteiger partial charge in [-0.15, -0.1) is 12.4 Å². The van der Waals surface area contributed by atoms with E-state index in [4.69, 9.17) is 0 Å². The Bertz CT molecular complexity index is 544. The number of aliphatic hydroxyl groups excluding tert-OH is 1. The minimum atomic E-state index is -0.456. The lowest BCUT2D eigenvalue weighted by molar-refractivity contribution is -0.125. The third kappa shape index (κ3) is 6.52. The zero-order valence-electron chi connectivity index (χ0n) is 12.5. The molecule has 1 aliphatic heterocycles. The fourth-order valence-corrected chi connectivity index (χ4v) is 2.31. The Morgan fingerprint density at radius 3 is 2.70 bits per heavy atom. The second-order valence-electron chi connectivity index (χ2n) is 5.37. The van der Waals surface area contributed by atoms with Crippen molar-refractivity contribution in [2.24, 2.45) is 5.92 Å². The van der Waals surface area contributed by atoms with E-state index in [1.807, 2.05) is 0 Å². The van der Waals surface area contributed by atoms with Gasteiger partial charge in [-0.1, -0.05) is 12.1 Å². The summed E-state index contributed by atoms with van der Waals surface area (Å²) in [5, 5.41) is 17.8. The van der Waals surface area contributed by atoms with Crippen LogP contribution in [0.15, 0.2) is 24.3 Å². The van der Waals surface area contributed by atoms with Crippen LogP contribution < -0.4 is 16.0 Å². The maximum absolute atomic E-state index is 13.0. The van der Waals surface area contributed by atoms with Crippen molar-refractivity contribution in [1.29, 1.82) is 0 Å². The summed E-state index contributed by atoms with van der Waals surface area (Å²) in [7, 11) is 0. The van der Waals surface area contributed by atoms with E-state index in [1.54, 1.807) is 6.07 Å². The van der Waals surface area contributed by atoms with Gasteiger partial charge in [0.15, 0.2) is 0 Å². The van der Waals surface area contributed by atoms with Crippen LogP contribution in [0.1, 0.15) is 5.56 Å². The summed E-state index contributed by atoms with van der Waals surface area (Å²) in [5.74, 6) is -1.06. The molecule has 2 atom stereocenters. The first-order valence-corrected chi connectivity index (χ1v) is 7.21. The summed E-state index contributed by atoms with van der Waals surface area (Å²) < 4.78 is 13.0. The Balaban J connectivity index is 0.00000264. The van der Waals surface area contributed by atoms with Gasteiger partial charge in [0, 0.05) is 25.6 Å². The molecule has 0 aliphatic carbocycles. The van der Waals surface area contributed by atoms with E-state index in [2.05, 4.69) is 16.0 Å². The van der Waals surface area contributed by atoms with Crippen LogP contribution in [0, 0.1) is 11.7 Å². The lowest BCUT2D eigenvalue weighted by atomic mass is 10.1. The number of carbonyl (C=O) groups is 2. The topological polar surface area (TPSA) is 90.5 Å². The fraction of sp³-hybridized carbons (Fsp3) is 0.467. The highest BCUT2D eigenvalue weighted by atomic mass is 35.5. The summed E-state index contributed by atoms with van der Waals surface area (Å²) in [6, 6.07) is 5.78. The predicted octanol–water partition coefficient (Wildman–Crippen LogP) is -0.397. The molecule has 0 spiro atoms. The second kappa shape index (κ2) is 9.44. The monoisotopic (exact) mass is 345 g/mol. The van der Waals surface area contributed by atoms with E-state index in [1.165, 1.54) is 18.2 Å². The van der Waals surface area contributed by atoms with Crippen molar-refractivity contribution < 1.29 is 19.1 Å². The van der Waals surface area contributed by atoms with Gasteiger partial charge in [-0.3, -0.25) is 9.59 Å². The largest absolute Gasteiger partial charge is 0.391 e. The van der Waals surface area contributed by atoms with Gasteiger partial charge >= 0.3 is 0 Å². The van der Waals surface area contributed by atoms with Gasteiger partial charge in [0.1, 0.15) is 5.82 Å². The highest BCUT2D eigenvalue weighted by Gasteiger charge is 2.24. The van der Waals surface area contributed by atoms with Crippen molar-refractivity contribution in [3.63, 3.8) is 0 Å². The van der Waals surface area contributed by atoms with Gasteiger partial charge in [0.05, 0.1) is 19.1 Å². The number of carbonyl (C=O) groups excluding carboxylic acids is 2. The first-order chi connectivity index (χ1) is 10.5. The lowest BCUT2D eigenvalue weighted by Crippen LogP contribution is -2.41. The molecule has 4 N–H and O–H groups in total. The third-order valence-electron chi connectivity index (χ3n) is 3.57. The Hall–Kier alpha value is -1.70. The number of aliphatic hydroxyl groups is 1. The van der Waals surface area contributed by atoms with E-state index in [-0.39, 0.29) is 43.1 Å². The van der Waals surface area contributed by atoms with Crippen LogP contribution >= 0.6 is 12.4 Å². The molecule has 0 aromatic heterocycles. The van der Waals surface area contributed by atoms with Crippen molar-refractivity contribution in [2.75, 3.05) is 26.2 Å². The van der Waals surface area contributed by atoms with E-state index in [0.29, 0.717) is 25.2 Å². The van der Waals surface area contributed by atoms with Gasteiger partial charge in [0.25, 0.3) is 0 Å². The molecule has 128 valence electrons. The quantitative estimate of drug-likeness (QED) is 0.565. The van der Waals surface area contributed by atoms with E-state index in [0.717, 1.165) is 0 Å². The van der Waals surface area contributed by atoms with Crippen LogP contribution in [0.4, 0.5) is 4.39 Å². The third-order valence-corrected chi connectivity index (χ3v) is 3.57. The Kier molecular flexibility index (Phi) is 7.94. The number of amides is 2. The lowest BCUT2D eigenvalue weighted by Gasteiger charge is -2.14. The molecule has 0 saturated carbocycles. The Morgan fingerprint density at radius 2 is 2.04 bits per heavy atom. The van der Waals surface area contributed by atoms with Crippen molar-refractivity contribution in [3.8, 4) is 0 Å². The molecule has 0 bridgehead atoms. The van der Waals surface area contributed by atoms with Crippen molar-refractivity contribution in [3.05, 3.63) is 35.6 Å². The average Bonchev–Trinajstić information content (AvgIpc) is 2.88. The molecule has 1 saturated heterocycles. The molecule has 1 heterocycles. The molecule has 2 rings (SSSR count). The molecule has 23 heavy (non-hydrogen) atoms. The van der Waals surface area contributed by atoms with Crippen LogP contribution in [-0.4, -0.2) is 49.2 Å². The number of β-amino-alcohol motifs (C(OH)–C–C–N with tert-alkyl or cyclic N) is 1. The molecule has 8 heteroatoms. The van der Waals surface area contributed by atoms with Crippen LogP contribution in [0.25, 0.3) is 0 Å². The van der Waals surface area contributed by atoms with E-state index >= 15 is 0 Å². The van der Waals surface area contributed by atoms with Crippen LogP contribution in [0.5, 0.6) is 0 Å². The summed E-state index contributed by atoms with van der Waals surface area (Å²) in [4.78, 5) is 23.3. The molecule has 2 unspecified atom stereocenters. The summed E-state index contributed by atoms with van der Waals surface area (Å²) in [6.45, 7) is 1.43. The first-order valence-electron chi connectivity index (χ1n) is 7.21. The van der Waals surface area contributed by atoms with Crippen LogP contribution in [-0.2, 0) is 16.0 Å². The molecular weight excluding hydrogens is 325 g/mol. The van der Waals surface area contributed by atoms with Gasteiger partial charge in [-0.25, -0.2) is 4.39 Å². The first kappa shape index (κ1) is 19.3. The fourth-order valence-electron chi connectivity index (χ4n) is 2.31. The normalized spacial score (nSPS) is 19.7. The summed E-state index contributed by atoms with van der Waals surface area (Å²) >= 11 is 0. The molecular formula is C15H21ClFN3O3. The van der Waals surface area contributed by atoms with Gasteiger partial charge in [-0.05, 0) is 17.7 Å². The molecule has 1 fully saturated rings. The number of rotatable bonds is 6. The smallest absolute Gasteiger partial charge is 0.239 e. The number of hydrogen-bond acceptors (Lipinski definition) is 4. The Morgan fingerprint density at radius 1 is 1.26 bits per heavy atom. The average molecular weight is 346 g/mol. The SMILES string of the molecule is Cl.O=C(CNC(=O)Cc1cccc(F)c1)NCC1CNCC1O. The molecule has 0 radical (unpaired) electrons. The molecule has 1 aromatic rings. The van der Waals surface area contributed by atoms with E-state index in [9.17, 15) is 19.1 Å². The summed E-state index contributed by atoms with van der Waals surface area (Å²) in [6.07, 6.45) is -0.432.